The predicted molar refractivity (Wildman–Crippen MR) is 120 cm³/mol. The molecule has 2 aliphatic rings. The van der Waals surface area contributed by atoms with Crippen LogP contribution in [0.2, 0.25) is 0 Å². The molecule has 4 rings (SSSR count). The van der Waals surface area contributed by atoms with Crippen molar-refractivity contribution < 1.29 is 21.9 Å². The van der Waals surface area contributed by atoms with Crippen LogP contribution in [0.25, 0.3) is 0 Å². The molecule has 2 aromatic rings. The maximum absolute atomic E-state index is 13.6. The molecule has 1 saturated carbocycles. The van der Waals surface area contributed by atoms with E-state index in [1.165, 1.54) is 19.3 Å². The molecule has 8 heteroatoms. The summed E-state index contributed by atoms with van der Waals surface area (Å²) in [6, 6.07) is 15.0. The van der Waals surface area contributed by atoms with Gasteiger partial charge in [0.15, 0.2) is 9.84 Å². The zero-order valence-electron chi connectivity index (χ0n) is 17.4. The zero-order valence-corrected chi connectivity index (χ0v) is 19.1. The van der Waals surface area contributed by atoms with Crippen molar-refractivity contribution in [2.45, 2.75) is 61.6 Å². The zero-order chi connectivity index (χ0) is 22.1. The van der Waals surface area contributed by atoms with Crippen LogP contribution in [-0.4, -0.2) is 49.9 Å². The van der Waals surface area contributed by atoms with Crippen molar-refractivity contribution in [1.29, 1.82) is 0 Å². The van der Waals surface area contributed by atoms with Crippen LogP contribution in [0.4, 0.5) is 0 Å². The van der Waals surface area contributed by atoms with E-state index >= 15 is 0 Å². The molecule has 0 radical (unpaired) electrons. The maximum Gasteiger partial charge on any atom is 0.243 e. The molecule has 2 fully saturated rings. The smallest absolute Gasteiger partial charge is 0.243 e. The van der Waals surface area contributed by atoms with Gasteiger partial charge in [-0.1, -0.05) is 61.7 Å². The molecule has 0 amide bonds. The van der Waals surface area contributed by atoms with Gasteiger partial charge in [-0.15, -0.1) is 0 Å². The van der Waals surface area contributed by atoms with Crippen LogP contribution >= 0.6 is 0 Å². The van der Waals surface area contributed by atoms with Gasteiger partial charge in [-0.3, -0.25) is 0 Å². The summed E-state index contributed by atoms with van der Waals surface area (Å²) < 4.78 is 52.6. The quantitative estimate of drug-likeness (QED) is 0.711. The Morgan fingerprint density at radius 3 is 2.13 bits per heavy atom. The summed E-state index contributed by atoms with van der Waals surface area (Å²) in [5.74, 6) is -0.327. The second kappa shape index (κ2) is 9.02. The minimum Gasteiger partial charge on any atom is -0.390 e. The summed E-state index contributed by atoms with van der Waals surface area (Å²) in [4.78, 5) is 0.125. The Morgan fingerprint density at radius 2 is 1.55 bits per heavy atom. The van der Waals surface area contributed by atoms with Gasteiger partial charge >= 0.3 is 0 Å². The lowest BCUT2D eigenvalue weighted by atomic mass is 9.84. The van der Waals surface area contributed by atoms with Crippen LogP contribution in [-0.2, 0) is 26.4 Å². The van der Waals surface area contributed by atoms with Crippen LogP contribution in [0.15, 0.2) is 59.5 Å². The number of sulfonamides is 1. The molecule has 2 aromatic carbocycles. The second-order valence-corrected chi connectivity index (χ2v) is 12.7. The highest BCUT2D eigenvalue weighted by atomic mass is 32.2. The lowest BCUT2D eigenvalue weighted by Gasteiger charge is -2.29. The Labute approximate surface area is 184 Å². The number of rotatable bonds is 6. The van der Waals surface area contributed by atoms with E-state index in [2.05, 4.69) is 0 Å². The molecule has 1 saturated heterocycles. The molecule has 1 heterocycles. The number of hydrogen-bond acceptors (Lipinski definition) is 5. The average Bonchev–Trinajstić information content (AvgIpc) is 3.05. The minimum atomic E-state index is -4.00. The van der Waals surface area contributed by atoms with Gasteiger partial charge in [0.2, 0.25) is 10.0 Å². The third-order valence-corrected chi connectivity index (χ3v) is 9.99. The van der Waals surface area contributed by atoms with Gasteiger partial charge in [-0.05, 0) is 42.0 Å². The summed E-state index contributed by atoms with van der Waals surface area (Å²) in [7, 11) is -7.51. The van der Waals surface area contributed by atoms with E-state index in [1.54, 1.807) is 36.4 Å². The first-order chi connectivity index (χ1) is 14.8. The molecule has 0 spiro atoms. The van der Waals surface area contributed by atoms with E-state index < -0.39 is 37.8 Å². The maximum atomic E-state index is 13.6. The van der Waals surface area contributed by atoms with Crippen LogP contribution in [0, 0.1) is 0 Å². The molecule has 1 aliphatic carbocycles. The molecule has 2 atom stereocenters. The van der Waals surface area contributed by atoms with Crippen molar-refractivity contribution in [3.63, 3.8) is 0 Å². The highest BCUT2D eigenvalue weighted by Crippen LogP contribution is 2.34. The van der Waals surface area contributed by atoms with Crippen molar-refractivity contribution in [1.82, 2.24) is 4.31 Å². The first kappa shape index (κ1) is 22.5. The highest BCUT2D eigenvalue weighted by molar-refractivity contribution is 7.92. The van der Waals surface area contributed by atoms with Gasteiger partial charge in [0.05, 0.1) is 28.5 Å². The first-order valence-corrected chi connectivity index (χ1v) is 14.1. The van der Waals surface area contributed by atoms with Crippen molar-refractivity contribution in [3.05, 3.63) is 65.7 Å². The minimum absolute atomic E-state index is 0.00476. The monoisotopic (exact) mass is 463 g/mol. The second-order valence-electron chi connectivity index (χ2n) is 8.65. The summed E-state index contributed by atoms with van der Waals surface area (Å²) in [6.45, 7) is 0.00476. The van der Waals surface area contributed by atoms with E-state index in [0.29, 0.717) is 5.92 Å². The van der Waals surface area contributed by atoms with Gasteiger partial charge in [0.25, 0.3) is 0 Å². The lowest BCUT2D eigenvalue weighted by molar-refractivity contribution is 0.125. The summed E-state index contributed by atoms with van der Waals surface area (Å²) >= 11 is 0. The van der Waals surface area contributed by atoms with Crippen molar-refractivity contribution in [2.24, 2.45) is 0 Å². The molecule has 0 aromatic heterocycles. The van der Waals surface area contributed by atoms with Crippen LogP contribution in [0.3, 0.4) is 0 Å². The number of sulfone groups is 1. The summed E-state index contributed by atoms with van der Waals surface area (Å²) in [6.07, 6.45) is 4.65. The Balaban J connectivity index is 1.66. The van der Waals surface area contributed by atoms with Crippen LogP contribution in [0.1, 0.15) is 49.1 Å². The van der Waals surface area contributed by atoms with Crippen molar-refractivity contribution >= 4 is 19.9 Å². The summed E-state index contributed by atoms with van der Waals surface area (Å²) in [5.41, 5.74) is 1.89. The third-order valence-electron chi connectivity index (χ3n) is 6.41. The molecule has 0 bridgehead atoms. The molecular weight excluding hydrogens is 434 g/mol. The van der Waals surface area contributed by atoms with E-state index in [-0.39, 0.29) is 17.2 Å². The van der Waals surface area contributed by atoms with E-state index in [1.807, 2.05) is 18.2 Å². The van der Waals surface area contributed by atoms with Crippen LogP contribution < -0.4 is 0 Å². The fourth-order valence-electron chi connectivity index (χ4n) is 4.71. The Kier molecular flexibility index (Phi) is 6.53. The van der Waals surface area contributed by atoms with Gasteiger partial charge in [-0.2, -0.15) is 4.31 Å². The lowest BCUT2D eigenvalue weighted by Crippen LogP contribution is -2.46. The Hall–Kier alpha value is -1.74. The fourth-order valence-corrected chi connectivity index (χ4v) is 8.25. The number of hydrogen-bond donors (Lipinski definition) is 1. The van der Waals surface area contributed by atoms with E-state index in [0.717, 1.165) is 28.3 Å². The number of nitrogens with zero attached hydrogens (tertiary/aromatic N) is 1. The van der Waals surface area contributed by atoms with Gasteiger partial charge in [-0.25, -0.2) is 16.8 Å². The molecule has 0 unspecified atom stereocenters. The standard InChI is InChI=1S/C23H29NO5S2/c25-23-17-30(26,27)16-22(23)24(15-18-7-3-1-4-8-18)31(28,29)21-13-11-20(12-14-21)19-9-5-2-6-10-19/h1,3-4,7-8,11-14,19,22-23,25H,2,5-6,9-10,15-17H2/t22-,23-/m0/s1. The van der Waals surface area contributed by atoms with Crippen molar-refractivity contribution in [3.8, 4) is 0 Å². The average molecular weight is 464 g/mol. The molecule has 1 aliphatic heterocycles. The number of aliphatic hydroxyl groups excluding tert-OH is 1. The van der Waals surface area contributed by atoms with E-state index in [4.69, 9.17) is 0 Å². The predicted octanol–water partition coefficient (Wildman–Crippen LogP) is 3.08. The topological polar surface area (TPSA) is 91.8 Å². The van der Waals surface area contributed by atoms with Crippen LogP contribution in [0.5, 0.6) is 0 Å². The first-order valence-electron chi connectivity index (χ1n) is 10.8. The summed E-state index contributed by atoms with van der Waals surface area (Å²) in [5, 5.41) is 10.4. The largest absolute Gasteiger partial charge is 0.390 e. The number of benzene rings is 2. The SMILES string of the molecule is O=S1(=O)C[C@H](O)[C@@H](N(Cc2ccccc2)S(=O)(=O)c2ccc(C3CCCCC3)cc2)C1. The third kappa shape index (κ3) is 5.03. The molecule has 1 N–H and O–H groups in total. The molecular formula is C23H29NO5S2. The van der Waals surface area contributed by atoms with Crippen molar-refractivity contribution in [2.75, 3.05) is 11.5 Å². The van der Waals surface area contributed by atoms with Gasteiger partial charge < -0.3 is 5.11 Å². The Morgan fingerprint density at radius 1 is 0.903 bits per heavy atom. The van der Waals surface area contributed by atoms with E-state index in [9.17, 15) is 21.9 Å². The van der Waals surface area contributed by atoms with Gasteiger partial charge in [0, 0.05) is 6.54 Å². The van der Waals surface area contributed by atoms with Gasteiger partial charge in [0.1, 0.15) is 0 Å². The molecule has 168 valence electrons. The Bertz CT molecular complexity index is 1090. The molecule has 6 nitrogen and oxygen atoms in total. The fraction of sp³-hybridized carbons (Fsp3) is 0.478. The normalized spacial score (nSPS) is 24.5. The highest BCUT2D eigenvalue weighted by Gasteiger charge is 2.44. The number of aliphatic hydroxyl groups is 1. The molecule has 31 heavy (non-hydrogen) atoms.